The molecule has 0 aromatic carbocycles. The molecule has 4 saturated carbocycles. The molecule has 4 unspecified atom stereocenters. The summed E-state index contributed by atoms with van der Waals surface area (Å²) in [6.45, 7) is 3.77. The Bertz CT molecular complexity index is 685. The van der Waals surface area contributed by atoms with Crippen molar-refractivity contribution in [1.29, 1.82) is 0 Å². The van der Waals surface area contributed by atoms with Gasteiger partial charge in [-0.3, -0.25) is 9.59 Å². The van der Waals surface area contributed by atoms with E-state index in [2.05, 4.69) is 11.8 Å². The molecule has 2 aliphatic heterocycles. The number of aliphatic hydroxyl groups is 1. The van der Waals surface area contributed by atoms with Crippen LogP contribution in [0.3, 0.4) is 0 Å². The molecule has 4 bridgehead atoms. The topological polar surface area (TPSA) is 60.9 Å². The third-order valence-corrected chi connectivity index (χ3v) is 9.23. The lowest BCUT2D eigenvalue weighted by molar-refractivity contribution is -0.210. The zero-order chi connectivity index (χ0) is 19.1. The molecule has 27 heavy (non-hydrogen) atoms. The van der Waals surface area contributed by atoms with Crippen LogP contribution in [-0.4, -0.2) is 58.0 Å². The maximum absolute atomic E-state index is 13.7. The standard InChI is InChI=1S/C22H34N2O3/c1-3-19-10-16-11-20(13-19,15-22(27,12-16)14-19)18(26)24-8-6-21(7-9-24)5-4-17(25)23(21)2/h16,27H,3-15H2,1-2H3. The van der Waals surface area contributed by atoms with Crippen molar-refractivity contribution in [3.05, 3.63) is 0 Å². The van der Waals surface area contributed by atoms with Crippen LogP contribution in [0.1, 0.15) is 77.6 Å². The third-order valence-electron chi connectivity index (χ3n) is 9.23. The third kappa shape index (κ3) is 2.46. The Morgan fingerprint density at radius 1 is 1.11 bits per heavy atom. The summed E-state index contributed by atoms with van der Waals surface area (Å²) in [5.41, 5.74) is -0.774. The maximum Gasteiger partial charge on any atom is 0.228 e. The van der Waals surface area contributed by atoms with Gasteiger partial charge in [0.15, 0.2) is 0 Å². The maximum atomic E-state index is 13.7. The van der Waals surface area contributed by atoms with Crippen LogP contribution < -0.4 is 0 Å². The number of nitrogens with zero attached hydrogens (tertiary/aromatic N) is 2. The second-order valence-corrected chi connectivity index (χ2v) is 10.8. The molecular formula is C22H34N2O3. The molecule has 4 aliphatic carbocycles. The molecule has 1 N–H and O–H groups in total. The Kier molecular flexibility index (Phi) is 3.65. The van der Waals surface area contributed by atoms with E-state index < -0.39 is 5.60 Å². The van der Waals surface area contributed by atoms with E-state index in [9.17, 15) is 14.7 Å². The van der Waals surface area contributed by atoms with Gasteiger partial charge in [0, 0.05) is 32.1 Å². The Labute approximate surface area is 162 Å². The van der Waals surface area contributed by atoms with Gasteiger partial charge in [-0.15, -0.1) is 0 Å². The number of likely N-dealkylation sites (tertiary alicyclic amines) is 2. The molecule has 2 amide bonds. The predicted octanol–water partition coefficient (Wildman–Crippen LogP) is 2.71. The Balaban J connectivity index is 1.35. The Hall–Kier alpha value is -1.10. The van der Waals surface area contributed by atoms with Crippen LogP contribution in [0.15, 0.2) is 0 Å². The number of piperidine rings is 1. The molecule has 2 saturated heterocycles. The lowest BCUT2D eigenvalue weighted by atomic mass is 9.42. The number of carbonyl (C=O) groups is 2. The van der Waals surface area contributed by atoms with Crippen molar-refractivity contribution in [1.82, 2.24) is 9.80 Å². The van der Waals surface area contributed by atoms with Crippen LogP contribution in [0.2, 0.25) is 0 Å². The summed E-state index contributed by atoms with van der Waals surface area (Å²) >= 11 is 0. The number of rotatable bonds is 2. The van der Waals surface area contributed by atoms with Crippen LogP contribution in [0.25, 0.3) is 0 Å². The van der Waals surface area contributed by atoms with Gasteiger partial charge in [0.25, 0.3) is 0 Å². The molecule has 0 radical (unpaired) electrons. The molecule has 0 aromatic rings. The van der Waals surface area contributed by atoms with Gasteiger partial charge < -0.3 is 14.9 Å². The minimum atomic E-state index is -0.611. The average Bonchev–Trinajstić information content (AvgIpc) is 2.89. The molecule has 5 heteroatoms. The molecule has 4 atom stereocenters. The van der Waals surface area contributed by atoms with Crippen molar-refractivity contribution >= 4 is 11.8 Å². The highest BCUT2D eigenvalue weighted by Gasteiger charge is 2.65. The second-order valence-electron chi connectivity index (χ2n) is 10.8. The largest absolute Gasteiger partial charge is 0.390 e. The van der Waals surface area contributed by atoms with Gasteiger partial charge in [0.05, 0.1) is 11.0 Å². The van der Waals surface area contributed by atoms with Gasteiger partial charge in [-0.25, -0.2) is 0 Å². The van der Waals surface area contributed by atoms with Crippen LogP contribution in [0.4, 0.5) is 0 Å². The first-order valence-corrected chi connectivity index (χ1v) is 11.0. The van der Waals surface area contributed by atoms with Gasteiger partial charge >= 0.3 is 0 Å². The van der Waals surface area contributed by atoms with Crippen molar-refractivity contribution < 1.29 is 14.7 Å². The van der Waals surface area contributed by atoms with Crippen LogP contribution in [-0.2, 0) is 9.59 Å². The summed E-state index contributed by atoms with van der Waals surface area (Å²) < 4.78 is 0. The average molecular weight is 375 g/mol. The van der Waals surface area contributed by atoms with E-state index in [-0.39, 0.29) is 22.3 Å². The first-order chi connectivity index (χ1) is 12.7. The van der Waals surface area contributed by atoms with Crippen molar-refractivity contribution in [3.63, 3.8) is 0 Å². The smallest absolute Gasteiger partial charge is 0.228 e. The van der Waals surface area contributed by atoms with E-state index in [0.29, 0.717) is 24.7 Å². The molecular weight excluding hydrogens is 340 g/mol. The summed E-state index contributed by atoms with van der Waals surface area (Å²) in [7, 11) is 1.94. The van der Waals surface area contributed by atoms with Crippen molar-refractivity contribution in [3.8, 4) is 0 Å². The van der Waals surface area contributed by atoms with Gasteiger partial charge in [0.2, 0.25) is 11.8 Å². The summed E-state index contributed by atoms with van der Waals surface area (Å²) in [5, 5.41) is 11.2. The zero-order valence-electron chi connectivity index (χ0n) is 16.9. The Morgan fingerprint density at radius 2 is 1.85 bits per heavy atom. The van der Waals surface area contributed by atoms with E-state index in [0.717, 1.165) is 64.5 Å². The molecule has 5 nitrogen and oxygen atoms in total. The monoisotopic (exact) mass is 374 g/mol. The zero-order valence-corrected chi connectivity index (χ0v) is 16.9. The highest BCUT2D eigenvalue weighted by molar-refractivity contribution is 5.84. The SMILES string of the molecule is CCC12CC3CC(O)(C1)CC(C(=O)N1CCC4(CCC(=O)N4C)CC1)(C3)C2. The van der Waals surface area contributed by atoms with Crippen molar-refractivity contribution in [2.45, 2.75) is 88.7 Å². The summed E-state index contributed by atoms with van der Waals surface area (Å²) in [4.78, 5) is 29.8. The number of amides is 2. The molecule has 6 aliphatic rings. The number of hydrogen-bond donors (Lipinski definition) is 1. The van der Waals surface area contributed by atoms with Crippen molar-refractivity contribution in [2.24, 2.45) is 16.7 Å². The van der Waals surface area contributed by atoms with E-state index in [4.69, 9.17) is 0 Å². The van der Waals surface area contributed by atoms with Crippen LogP contribution in [0, 0.1) is 16.7 Å². The second kappa shape index (κ2) is 5.49. The summed E-state index contributed by atoms with van der Waals surface area (Å²) in [5.74, 6) is 1.08. The number of hydrogen-bond acceptors (Lipinski definition) is 3. The lowest BCUT2D eigenvalue weighted by Crippen LogP contribution is -2.65. The number of carbonyl (C=O) groups excluding carboxylic acids is 2. The van der Waals surface area contributed by atoms with E-state index in [1.807, 2.05) is 11.9 Å². The minimum Gasteiger partial charge on any atom is -0.390 e. The summed E-state index contributed by atoms with van der Waals surface area (Å²) in [6.07, 6.45) is 10.1. The van der Waals surface area contributed by atoms with E-state index in [1.165, 1.54) is 6.42 Å². The fourth-order valence-electron chi connectivity index (χ4n) is 8.20. The van der Waals surface area contributed by atoms with E-state index >= 15 is 0 Å². The molecule has 6 fully saturated rings. The molecule has 0 aromatic heterocycles. The first-order valence-electron chi connectivity index (χ1n) is 11.0. The molecule has 150 valence electrons. The first kappa shape index (κ1) is 18.0. The lowest BCUT2D eigenvalue weighted by Gasteiger charge is -2.65. The highest BCUT2D eigenvalue weighted by atomic mass is 16.3. The van der Waals surface area contributed by atoms with Gasteiger partial charge in [-0.05, 0) is 69.1 Å². The Morgan fingerprint density at radius 3 is 2.44 bits per heavy atom. The highest BCUT2D eigenvalue weighted by Crippen LogP contribution is 2.68. The quantitative estimate of drug-likeness (QED) is 0.808. The fraction of sp³-hybridized carbons (Fsp3) is 0.909. The predicted molar refractivity (Wildman–Crippen MR) is 102 cm³/mol. The minimum absolute atomic E-state index is 0.0157. The summed E-state index contributed by atoms with van der Waals surface area (Å²) in [6, 6.07) is 0. The molecule has 6 rings (SSSR count). The van der Waals surface area contributed by atoms with Gasteiger partial charge in [0.1, 0.15) is 0 Å². The van der Waals surface area contributed by atoms with E-state index in [1.54, 1.807) is 0 Å². The molecule has 1 spiro atoms. The van der Waals surface area contributed by atoms with Crippen LogP contribution in [0.5, 0.6) is 0 Å². The van der Waals surface area contributed by atoms with Crippen LogP contribution >= 0.6 is 0 Å². The van der Waals surface area contributed by atoms with Crippen molar-refractivity contribution in [2.75, 3.05) is 20.1 Å². The van der Waals surface area contributed by atoms with Gasteiger partial charge in [-0.2, -0.15) is 0 Å². The molecule has 2 heterocycles. The normalized spacial score (nSPS) is 45.1. The van der Waals surface area contributed by atoms with Gasteiger partial charge in [-0.1, -0.05) is 13.3 Å². The fourth-order valence-corrected chi connectivity index (χ4v) is 8.20.